The lowest BCUT2D eigenvalue weighted by Crippen LogP contribution is -2.43. The molecular formula is C14H22N2O3. The molecule has 2 N–H and O–H groups in total. The SMILES string of the molecule is CCOc1ccc(CN(C)CC(NC)C(=O)O)cc1. The van der Waals surface area contributed by atoms with E-state index >= 15 is 0 Å². The van der Waals surface area contributed by atoms with Gasteiger partial charge in [-0.05, 0) is 38.7 Å². The number of carbonyl (C=O) groups is 1. The Morgan fingerprint density at radius 3 is 2.53 bits per heavy atom. The fraction of sp³-hybridized carbons (Fsp3) is 0.500. The summed E-state index contributed by atoms with van der Waals surface area (Å²) in [7, 11) is 3.56. The van der Waals surface area contributed by atoms with Gasteiger partial charge in [-0.2, -0.15) is 0 Å². The number of nitrogens with one attached hydrogen (secondary N) is 1. The molecule has 0 heterocycles. The molecule has 0 saturated carbocycles. The highest BCUT2D eigenvalue weighted by atomic mass is 16.5. The van der Waals surface area contributed by atoms with Crippen molar-refractivity contribution in [1.82, 2.24) is 10.2 Å². The lowest BCUT2D eigenvalue weighted by atomic mass is 10.2. The normalized spacial score (nSPS) is 12.4. The van der Waals surface area contributed by atoms with Crippen LogP contribution in [0.5, 0.6) is 5.75 Å². The molecule has 19 heavy (non-hydrogen) atoms. The van der Waals surface area contributed by atoms with Crippen molar-refractivity contribution < 1.29 is 14.6 Å². The van der Waals surface area contributed by atoms with Crippen LogP contribution in [0.1, 0.15) is 12.5 Å². The summed E-state index contributed by atoms with van der Waals surface area (Å²) in [5.74, 6) is 0.0218. The molecule has 5 heteroatoms. The Balaban J connectivity index is 2.51. The summed E-state index contributed by atoms with van der Waals surface area (Å²) < 4.78 is 5.38. The van der Waals surface area contributed by atoms with Gasteiger partial charge < -0.3 is 15.2 Å². The smallest absolute Gasteiger partial charge is 0.322 e. The monoisotopic (exact) mass is 266 g/mol. The lowest BCUT2D eigenvalue weighted by Gasteiger charge is -2.21. The van der Waals surface area contributed by atoms with E-state index in [2.05, 4.69) is 5.32 Å². The van der Waals surface area contributed by atoms with Gasteiger partial charge in [0.15, 0.2) is 0 Å². The minimum Gasteiger partial charge on any atom is -0.494 e. The molecule has 0 saturated heterocycles. The molecule has 1 rings (SSSR count). The fourth-order valence-corrected chi connectivity index (χ4v) is 1.84. The molecule has 1 aromatic carbocycles. The average Bonchev–Trinajstić information content (AvgIpc) is 2.38. The van der Waals surface area contributed by atoms with Crippen molar-refractivity contribution in [2.24, 2.45) is 0 Å². The Morgan fingerprint density at radius 1 is 1.42 bits per heavy atom. The molecule has 1 atom stereocenters. The Kier molecular flexibility index (Phi) is 6.32. The van der Waals surface area contributed by atoms with Crippen LogP contribution in [0.2, 0.25) is 0 Å². The van der Waals surface area contributed by atoms with Gasteiger partial charge in [-0.1, -0.05) is 12.1 Å². The molecule has 0 radical (unpaired) electrons. The first-order valence-electron chi connectivity index (χ1n) is 6.37. The van der Waals surface area contributed by atoms with E-state index in [0.717, 1.165) is 11.3 Å². The maximum Gasteiger partial charge on any atom is 0.322 e. The van der Waals surface area contributed by atoms with Crippen LogP contribution in [0.25, 0.3) is 0 Å². The van der Waals surface area contributed by atoms with E-state index in [9.17, 15) is 4.79 Å². The number of rotatable bonds is 8. The van der Waals surface area contributed by atoms with Gasteiger partial charge in [0.25, 0.3) is 0 Å². The van der Waals surface area contributed by atoms with Gasteiger partial charge in [0.05, 0.1) is 6.61 Å². The van der Waals surface area contributed by atoms with Crippen LogP contribution in [0.3, 0.4) is 0 Å². The van der Waals surface area contributed by atoms with Crippen LogP contribution >= 0.6 is 0 Å². The highest BCUT2D eigenvalue weighted by Gasteiger charge is 2.16. The summed E-state index contributed by atoms with van der Waals surface area (Å²) in [6.07, 6.45) is 0. The van der Waals surface area contributed by atoms with Crippen molar-refractivity contribution in [3.8, 4) is 5.75 Å². The number of aliphatic carboxylic acids is 1. The van der Waals surface area contributed by atoms with Crippen LogP contribution in [0, 0.1) is 0 Å². The molecule has 106 valence electrons. The Morgan fingerprint density at radius 2 is 2.05 bits per heavy atom. The minimum atomic E-state index is -0.832. The van der Waals surface area contributed by atoms with Crippen molar-refractivity contribution in [3.63, 3.8) is 0 Å². The van der Waals surface area contributed by atoms with Crippen molar-refractivity contribution >= 4 is 5.97 Å². The molecule has 0 aliphatic heterocycles. The van der Waals surface area contributed by atoms with E-state index in [1.54, 1.807) is 7.05 Å². The van der Waals surface area contributed by atoms with Gasteiger partial charge in [-0.3, -0.25) is 9.69 Å². The highest BCUT2D eigenvalue weighted by Crippen LogP contribution is 2.13. The van der Waals surface area contributed by atoms with Crippen LogP contribution in [-0.4, -0.2) is 49.3 Å². The van der Waals surface area contributed by atoms with E-state index < -0.39 is 12.0 Å². The summed E-state index contributed by atoms with van der Waals surface area (Å²) >= 11 is 0. The zero-order chi connectivity index (χ0) is 14.3. The third-order valence-electron chi connectivity index (χ3n) is 2.83. The summed E-state index contributed by atoms with van der Waals surface area (Å²) in [6.45, 7) is 3.77. The molecule has 5 nitrogen and oxygen atoms in total. The Hall–Kier alpha value is -1.59. The number of hydrogen-bond donors (Lipinski definition) is 2. The number of benzene rings is 1. The minimum absolute atomic E-state index is 0.457. The zero-order valence-corrected chi connectivity index (χ0v) is 11.7. The molecule has 1 aromatic rings. The van der Waals surface area contributed by atoms with Crippen LogP contribution in [0.4, 0.5) is 0 Å². The topological polar surface area (TPSA) is 61.8 Å². The molecule has 0 fully saturated rings. The fourth-order valence-electron chi connectivity index (χ4n) is 1.84. The molecule has 0 amide bonds. The Labute approximate surface area is 114 Å². The highest BCUT2D eigenvalue weighted by molar-refractivity contribution is 5.73. The standard InChI is InChI=1S/C14H22N2O3/c1-4-19-12-7-5-11(6-8-12)9-16(3)10-13(15-2)14(17)18/h5-8,13,15H,4,9-10H2,1-3H3,(H,17,18). The third-order valence-corrected chi connectivity index (χ3v) is 2.83. The van der Waals surface area contributed by atoms with Crippen molar-refractivity contribution in [2.45, 2.75) is 19.5 Å². The van der Waals surface area contributed by atoms with Crippen LogP contribution < -0.4 is 10.1 Å². The molecule has 0 aliphatic rings. The summed E-state index contributed by atoms with van der Waals surface area (Å²) in [6, 6.07) is 7.30. The second-order valence-corrected chi connectivity index (χ2v) is 4.45. The first-order valence-corrected chi connectivity index (χ1v) is 6.37. The van der Waals surface area contributed by atoms with Crippen molar-refractivity contribution in [1.29, 1.82) is 0 Å². The maximum absolute atomic E-state index is 10.9. The van der Waals surface area contributed by atoms with E-state index in [-0.39, 0.29) is 0 Å². The summed E-state index contributed by atoms with van der Waals surface area (Å²) in [5, 5.41) is 11.8. The van der Waals surface area contributed by atoms with Crippen LogP contribution in [-0.2, 0) is 11.3 Å². The van der Waals surface area contributed by atoms with Crippen LogP contribution in [0.15, 0.2) is 24.3 Å². The van der Waals surface area contributed by atoms with E-state index in [1.807, 2.05) is 43.1 Å². The number of hydrogen-bond acceptors (Lipinski definition) is 4. The first-order chi connectivity index (χ1) is 9.06. The summed E-state index contributed by atoms with van der Waals surface area (Å²) in [5.41, 5.74) is 1.13. The van der Waals surface area contributed by atoms with Gasteiger partial charge in [0, 0.05) is 13.1 Å². The van der Waals surface area contributed by atoms with E-state index in [1.165, 1.54) is 0 Å². The molecule has 1 unspecified atom stereocenters. The number of likely N-dealkylation sites (N-methyl/N-ethyl adjacent to an activating group) is 2. The van der Waals surface area contributed by atoms with Gasteiger partial charge in [0.1, 0.15) is 11.8 Å². The predicted octanol–water partition coefficient (Wildman–Crippen LogP) is 1.19. The van der Waals surface area contributed by atoms with Crippen molar-refractivity contribution in [2.75, 3.05) is 27.2 Å². The average molecular weight is 266 g/mol. The molecule has 0 spiro atoms. The third kappa shape index (κ3) is 5.28. The number of ether oxygens (including phenoxy) is 1. The summed E-state index contributed by atoms with van der Waals surface area (Å²) in [4.78, 5) is 12.9. The molecular weight excluding hydrogens is 244 g/mol. The van der Waals surface area contributed by atoms with Gasteiger partial charge in [0.2, 0.25) is 0 Å². The lowest BCUT2D eigenvalue weighted by molar-refractivity contribution is -0.139. The van der Waals surface area contributed by atoms with Gasteiger partial charge in [-0.15, -0.1) is 0 Å². The van der Waals surface area contributed by atoms with Crippen molar-refractivity contribution in [3.05, 3.63) is 29.8 Å². The first kappa shape index (κ1) is 15.5. The molecule has 0 aliphatic carbocycles. The maximum atomic E-state index is 10.9. The second kappa shape index (κ2) is 7.76. The zero-order valence-electron chi connectivity index (χ0n) is 11.7. The molecule has 0 aromatic heterocycles. The Bertz CT molecular complexity index is 392. The van der Waals surface area contributed by atoms with Gasteiger partial charge >= 0.3 is 5.97 Å². The quantitative estimate of drug-likeness (QED) is 0.740. The number of carboxylic acids is 1. The second-order valence-electron chi connectivity index (χ2n) is 4.45. The molecule has 0 bridgehead atoms. The van der Waals surface area contributed by atoms with E-state index in [0.29, 0.717) is 19.7 Å². The number of nitrogens with zero attached hydrogens (tertiary/aromatic N) is 1. The predicted molar refractivity (Wildman–Crippen MR) is 74.4 cm³/mol. The van der Waals surface area contributed by atoms with Gasteiger partial charge in [-0.25, -0.2) is 0 Å². The number of carboxylic acid groups (broad SMARTS) is 1. The largest absolute Gasteiger partial charge is 0.494 e. The van der Waals surface area contributed by atoms with E-state index in [4.69, 9.17) is 9.84 Å².